The summed E-state index contributed by atoms with van der Waals surface area (Å²) in [6, 6.07) is 7.18. The van der Waals surface area contributed by atoms with Crippen molar-refractivity contribution >= 4 is 5.97 Å². The number of nitrogens with zero attached hydrogens (tertiary/aromatic N) is 2. The van der Waals surface area contributed by atoms with Gasteiger partial charge < -0.3 is 9.84 Å². The summed E-state index contributed by atoms with van der Waals surface area (Å²) in [5.74, 6) is -2.63. The zero-order valence-electron chi connectivity index (χ0n) is 10.4. The fourth-order valence-corrected chi connectivity index (χ4v) is 1.65. The van der Waals surface area contributed by atoms with Crippen LogP contribution >= 0.6 is 0 Å². The van der Waals surface area contributed by atoms with E-state index in [0.29, 0.717) is 5.56 Å². The van der Waals surface area contributed by atoms with Crippen molar-refractivity contribution in [2.45, 2.75) is 6.92 Å². The van der Waals surface area contributed by atoms with Gasteiger partial charge in [-0.05, 0) is 30.7 Å². The number of hydrogen-bond donors (Lipinski definition) is 1. The SMILES string of the molecule is Cc1ccnc(Oc2cccc(F)c2C(=O)O)c1C#N. The van der Waals surface area contributed by atoms with Crippen LogP contribution in [0.5, 0.6) is 11.6 Å². The lowest BCUT2D eigenvalue weighted by Crippen LogP contribution is -2.04. The van der Waals surface area contributed by atoms with Crippen LogP contribution in [0.3, 0.4) is 0 Å². The number of halogens is 1. The first-order chi connectivity index (χ1) is 9.54. The predicted octanol–water partition coefficient (Wildman–Crippen LogP) is 2.89. The molecule has 0 radical (unpaired) electrons. The topological polar surface area (TPSA) is 83.2 Å². The lowest BCUT2D eigenvalue weighted by atomic mass is 10.1. The first kappa shape index (κ1) is 13.5. The predicted molar refractivity (Wildman–Crippen MR) is 67.1 cm³/mol. The Hall–Kier alpha value is -2.94. The molecule has 5 nitrogen and oxygen atoms in total. The molecule has 0 aliphatic carbocycles. The van der Waals surface area contributed by atoms with E-state index in [9.17, 15) is 9.18 Å². The number of carboxylic acid groups (broad SMARTS) is 1. The number of aromatic carboxylic acids is 1. The van der Waals surface area contributed by atoms with Crippen LogP contribution < -0.4 is 4.74 Å². The minimum absolute atomic E-state index is 0.0550. The highest BCUT2D eigenvalue weighted by Gasteiger charge is 2.19. The van der Waals surface area contributed by atoms with E-state index in [0.717, 1.165) is 6.07 Å². The maximum absolute atomic E-state index is 13.5. The van der Waals surface area contributed by atoms with Crippen molar-refractivity contribution in [1.82, 2.24) is 4.98 Å². The second-order valence-electron chi connectivity index (χ2n) is 3.94. The molecule has 1 aromatic heterocycles. The number of carbonyl (C=O) groups is 1. The molecule has 0 saturated heterocycles. The quantitative estimate of drug-likeness (QED) is 0.928. The van der Waals surface area contributed by atoms with Crippen LogP contribution in [-0.4, -0.2) is 16.1 Å². The highest BCUT2D eigenvalue weighted by atomic mass is 19.1. The number of ether oxygens (including phenoxy) is 1. The third-order valence-corrected chi connectivity index (χ3v) is 2.63. The van der Waals surface area contributed by atoms with Gasteiger partial charge >= 0.3 is 5.97 Å². The van der Waals surface area contributed by atoms with Gasteiger partial charge in [-0.1, -0.05) is 6.07 Å². The number of nitriles is 1. The molecule has 1 heterocycles. The Morgan fingerprint density at radius 3 is 2.85 bits per heavy atom. The molecule has 0 atom stereocenters. The molecule has 0 aliphatic heterocycles. The summed E-state index contributed by atoms with van der Waals surface area (Å²) in [4.78, 5) is 14.9. The molecule has 6 heteroatoms. The van der Waals surface area contributed by atoms with Crippen molar-refractivity contribution in [3.05, 3.63) is 53.0 Å². The largest absolute Gasteiger partial charge is 0.477 e. The Labute approximate surface area is 113 Å². The molecule has 0 fully saturated rings. The maximum atomic E-state index is 13.5. The average molecular weight is 272 g/mol. The van der Waals surface area contributed by atoms with Crippen molar-refractivity contribution in [2.75, 3.05) is 0 Å². The van der Waals surface area contributed by atoms with Crippen molar-refractivity contribution in [2.24, 2.45) is 0 Å². The molecule has 2 rings (SSSR count). The van der Waals surface area contributed by atoms with Gasteiger partial charge in [-0.15, -0.1) is 0 Å². The number of aryl methyl sites for hydroxylation is 1. The normalized spacial score (nSPS) is 9.85. The smallest absolute Gasteiger partial charge is 0.342 e. The molecule has 1 N–H and O–H groups in total. The molecule has 1 aromatic carbocycles. The lowest BCUT2D eigenvalue weighted by molar-refractivity contribution is 0.0689. The molecule has 100 valence electrons. The number of carboxylic acids is 1. The molecule has 0 amide bonds. The van der Waals surface area contributed by atoms with E-state index in [1.807, 2.05) is 6.07 Å². The summed E-state index contributed by atoms with van der Waals surface area (Å²) < 4.78 is 18.8. The van der Waals surface area contributed by atoms with E-state index < -0.39 is 17.3 Å². The minimum atomic E-state index is -1.45. The molecule has 0 aliphatic rings. The first-order valence-electron chi connectivity index (χ1n) is 5.60. The first-order valence-corrected chi connectivity index (χ1v) is 5.60. The van der Waals surface area contributed by atoms with Gasteiger partial charge in [-0.2, -0.15) is 5.26 Å². The van der Waals surface area contributed by atoms with Crippen molar-refractivity contribution in [1.29, 1.82) is 5.26 Å². The van der Waals surface area contributed by atoms with Crippen LogP contribution in [0.2, 0.25) is 0 Å². The number of pyridine rings is 1. The molecule has 20 heavy (non-hydrogen) atoms. The van der Waals surface area contributed by atoms with Crippen molar-refractivity contribution < 1.29 is 19.0 Å². The monoisotopic (exact) mass is 272 g/mol. The second kappa shape index (κ2) is 5.36. The number of aromatic nitrogens is 1. The average Bonchev–Trinajstić information content (AvgIpc) is 2.38. The highest BCUT2D eigenvalue weighted by Crippen LogP contribution is 2.28. The van der Waals surface area contributed by atoms with Gasteiger partial charge in [0.15, 0.2) is 0 Å². The number of benzene rings is 1. The van der Waals surface area contributed by atoms with Gasteiger partial charge in [-0.25, -0.2) is 14.2 Å². The summed E-state index contributed by atoms with van der Waals surface area (Å²) in [7, 11) is 0. The van der Waals surface area contributed by atoms with Gasteiger partial charge in [0.2, 0.25) is 5.88 Å². The summed E-state index contributed by atoms with van der Waals surface area (Å²) in [5.41, 5.74) is 0.207. The van der Waals surface area contributed by atoms with Crippen LogP contribution in [0, 0.1) is 24.1 Å². The molecule has 0 bridgehead atoms. The van der Waals surface area contributed by atoms with E-state index in [4.69, 9.17) is 15.1 Å². The molecular weight excluding hydrogens is 263 g/mol. The Morgan fingerprint density at radius 2 is 2.20 bits per heavy atom. The standard InChI is InChI=1S/C14H9FN2O3/c1-8-5-6-17-13(9(8)7-16)20-11-4-2-3-10(15)12(11)14(18)19/h2-6H,1H3,(H,18,19). The zero-order chi connectivity index (χ0) is 14.7. The Morgan fingerprint density at radius 1 is 1.45 bits per heavy atom. The highest BCUT2D eigenvalue weighted by molar-refractivity contribution is 5.91. The maximum Gasteiger partial charge on any atom is 0.342 e. The third-order valence-electron chi connectivity index (χ3n) is 2.63. The third kappa shape index (κ3) is 2.42. The zero-order valence-corrected chi connectivity index (χ0v) is 10.4. The molecule has 0 unspecified atom stereocenters. The summed E-state index contributed by atoms with van der Waals surface area (Å²) in [6.07, 6.45) is 1.42. The molecule has 0 saturated carbocycles. The Balaban J connectivity index is 2.52. The van der Waals surface area contributed by atoms with Gasteiger partial charge in [0.1, 0.15) is 28.8 Å². The van der Waals surface area contributed by atoms with E-state index in [1.165, 1.54) is 18.3 Å². The number of rotatable bonds is 3. The van der Waals surface area contributed by atoms with Crippen LogP contribution in [-0.2, 0) is 0 Å². The summed E-state index contributed by atoms with van der Waals surface area (Å²) in [5, 5.41) is 18.1. The minimum Gasteiger partial charge on any atom is -0.477 e. The number of hydrogen-bond acceptors (Lipinski definition) is 4. The summed E-state index contributed by atoms with van der Waals surface area (Å²) in [6.45, 7) is 1.69. The Kier molecular flexibility index (Phi) is 3.62. The van der Waals surface area contributed by atoms with E-state index >= 15 is 0 Å². The van der Waals surface area contributed by atoms with E-state index in [-0.39, 0.29) is 17.2 Å². The van der Waals surface area contributed by atoms with Crippen LogP contribution in [0.15, 0.2) is 30.5 Å². The van der Waals surface area contributed by atoms with Gasteiger partial charge in [-0.3, -0.25) is 0 Å². The fourth-order valence-electron chi connectivity index (χ4n) is 1.65. The van der Waals surface area contributed by atoms with Gasteiger partial charge in [0, 0.05) is 6.20 Å². The molecular formula is C14H9FN2O3. The Bertz CT molecular complexity index is 723. The van der Waals surface area contributed by atoms with Crippen LogP contribution in [0.25, 0.3) is 0 Å². The van der Waals surface area contributed by atoms with Crippen LogP contribution in [0.4, 0.5) is 4.39 Å². The van der Waals surface area contributed by atoms with Crippen LogP contribution in [0.1, 0.15) is 21.5 Å². The van der Waals surface area contributed by atoms with Crippen molar-refractivity contribution in [3.63, 3.8) is 0 Å². The van der Waals surface area contributed by atoms with Gasteiger partial charge in [0.05, 0.1) is 0 Å². The lowest BCUT2D eigenvalue weighted by Gasteiger charge is -2.10. The van der Waals surface area contributed by atoms with E-state index in [1.54, 1.807) is 13.0 Å². The second-order valence-corrected chi connectivity index (χ2v) is 3.94. The summed E-state index contributed by atoms with van der Waals surface area (Å²) >= 11 is 0. The molecule has 2 aromatic rings. The van der Waals surface area contributed by atoms with Gasteiger partial charge in [0.25, 0.3) is 0 Å². The van der Waals surface area contributed by atoms with E-state index in [2.05, 4.69) is 4.98 Å². The molecule has 0 spiro atoms. The fraction of sp³-hybridized carbons (Fsp3) is 0.0714. The van der Waals surface area contributed by atoms with Crippen molar-refractivity contribution in [3.8, 4) is 17.7 Å².